The van der Waals surface area contributed by atoms with E-state index < -0.39 is 10.0 Å². The molecule has 0 radical (unpaired) electrons. The summed E-state index contributed by atoms with van der Waals surface area (Å²) in [4.78, 5) is 15.3. The molecule has 0 N–H and O–H groups in total. The highest BCUT2D eigenvalue weighted by atomic mass is 35.5. The highest BCUT2D eigenvalue weighted by Crippen LogP contribution is 2.26. The van der Waals surface area contributed by atoms with Gasteiger partial charge in [0.2, 0.25) is 15.9 Å². The summed E-state index contributed by atoms with van der Waals surface area (Å²) in [7, 11) is -1.95. The van der Waals surface area contributed by atoms with Crippen molar-refractivity contribution in [3.8, 4) is 0 Å². The lowest BCUT2D eigenvalue weighted by molar-refractivity contribution is -0.137. The van der Waals surface area contributed by atoms with Crippen molar-refractivity contribution in [3.05, 3.63) is 65.2 Å². The molecule has 0 unspecified atom stereocenters. The van der Waals surface area contributed by atoms with Crippen LogP contribution >= 0.6 is 11.6 Å². The highest BCUT2D eigenvalue weighted by Gasteiger charge is 2.33. The van der Waals surface area contributed by atoms with Crippen molar-refractivity contribution in [3.63, 3.8) is 0 Å². The summed E-state index contributed by atoms with van der Waals surface area (Å²) in [5.41, 5.74) is 1.26. The smallest absolute Gasteiger partial charge is 0.243 e. The van der Waals surface area contributed by atoms with Crippen molar-refractivity contribution in [2.75, 3.05) is 39.9 Å². The van der Waals surface area contributed by atoms with E-state index in [-0.39, 0.29) is 16.7 Å². The van der Waals surface area contributed by atoms with Crippen LogP contribution in [0, 0.1) is 5.92 Å². The first-order chi connectivity index (χ1) is 15.4. The van der Waals surface area contributed by atoms with Crippen molar-refractivity contribution < 1.29 is 17.9 Å². The van der Waals surface area contributed by atoms with Gasteiger partial charge in [0.15, 0.2) is 0 Å². The van der Waals surface area contributed by atoms with E-state index in [1.54, 1.807) is 19.2 Å². The van der Waals surface area contributed by atoms with E-state index in [0.29, 0.717) is 50.7 Å². The maximum Gasteiger partial charge on any atom is 0.243 e. The molecule has 0 saturated carbocycles. The first kappa shape index (κ1) is 24.7. The van der Waals surface area contributed by atoms with Gasteiger partial charge in [-0.25, -0.2) is 8.42 Å². The first-order valence-electron chi connectivity index (χ1n) is 11.0. The van der Waals surface area contributed by atoms with Crippen LogP contribution in [0.25, 0.3) is 0 Å². The number of methoxy groups -OCH3 is 1. The van der Waals surface area contributed by atoms with Crippen LogP contribution < -0.4 is 0 Å². The minimum absolute atomic E-state index is 0.0960. The number of rotatable bonds is 10. The Bertz CT molecular complexity index is 959. The van der Waals surface area contributed by atoms with Crippen LogP contribution in [0.5, 0.6) is 0 Å². The fraction of sp³-hybridized carbons (Fsp3) is 0.458. The molecule has 32 heavy (non-hydrogen) atoms. The molecule has 1 heterocycles. The van der Waals surface area contributed by atoms with Crippen molar-refractivity contribution in [2.24, 2.45) is 5.92 Å². The van der Waals surface area contributed by atoms with Gasteiger partial charge in [0.05, 0.1) is 11.5 Å². The van der Waals surface area contributed by atoms with Crippen LogP contribution in [-0.4, -0.2) is 63.4 Å². The molecule has 0 spiro atoms. The monoisotopic (exact) mass is 478 g/mol. The molecule has 0 bridgehead atoms. The Morgan fingerprint density at radius 3 is 2.34 bits per heavy atom. The second-order valence-corrected chi connectivity index (χ2v) is 10.4. The summed E-state index contributed by atoms with van der Waals surface area (Å²) in [6, 6.07) is 16.4. The quantitative estimate of drug-likeness (QED) is 0.520. The average molecular weight is 479 g/mol. The van der Waals surface area contributed by atoms with Gasteiger partial charge in [-0.1, -0.05) is 41.9 Å². The lowest BCUT2D eigenvalue weighted by Gasteiger charge is -2.33. The lowest BCUT2D eigenvalue weighted by Crippen LogP contribution is -2.45. The topological polar surface area (TPSA) is 66.9 Å². The third kappa shape index (κ3) is 6.54. The summed E-state index contributed by atoms with van der Waals surface area (Å²) >= 11 is 5.88. The number of halogens is 1. The number of piperidine rings is 1. The number of hydrogen-bond acceptors (Lipinski definition) is 4. The average Bonchev–Trinajstić information content (AvgIpc) is 2.82. The molecule has 0 aromatic heterocycles. The fourth-order valence-electron chi connectivity index (χ4n) is 4.01. The third-order valence-electron chi connectivity index (χ3n) is 5.87. The minimum atomic E-state index is -3.58. The normalized spacial score (nSPS) is 15.6. The van der Waals surface area contributed by atoms with Gasteiger partial charge >= 0.3 is 0 Å². The van der Waals surface area contributed by atoms with Crippen molar-refractivity contribution in [1.82, 2.24) is 9.21 Å². The SMILES string of the molecule is COCCN(CCCc1ccccc1)C(=O)C1CCN(S(=O)(=O)c2ccc(Cl)cc2)CC1. The summed E-state index contributed by atoms with van der Waals surface area (Å²) in [6.45, 7) is 2.38. The van der Waals surface area contributed by atoms with E-state index in [2.05, 4.69) is 12.1 Å². The number of aryl methyl sites for hydroxylation is 1. The van der Waals surface area contributed by atoms with E-state index in [9.17, 15) is 13.2 Å². The number of sulfonamides is 1. The molecular weight excluding hydrogens is 448 g/mol. The molecule has 0 atom stereocenters. The molecule has 0 aliphatic carbocycles. The molecule has 1 amide bonds. The maximum absolute atomic E-state index is 13.2. The predicted octanol–water partition coefficient (Wildman–Crippen LogP) is 3.85. The second-order valence-electron chi connectivity index (χ2n) is 8.04. The van der Waals surface area contributed by atoms with Crippen LogP contribution in [0.4, 0.5) is 0 Å². The molecule has 8 heteroatoms. The van der Waals surface area contributed by atoms with Crippen molar-refractivity contribution in [2.45, 2.75) is 30.6 Å². The summed E-state index contributed by atoms with van der Waals surface area (Å²) in [5, 5.41) is 0.497. The Morgan fingerprint density at radius 1 is 1.06 bits per heavy atom. The highest BCUT2D eigenvalue weighted by molar-refractivity contribution is 7.89. The summed E-state index contributed by atoms with van der Waals surface area (Å²) in [5.74, 6) is -0.0705. The van der Waals surface area contributed by atoms with E-state index in [4.69, 9.17) is 16.3 Å². The Balaban J connectivity index is 1.56. The Kier molecular flexibility index (Phi) is 9.11. The van der Waals surface area contributed by atoms with Crippen LogP contribution in [0.3, 0.4) is 0 Å². The van der Waals surface area contributed by atoms with E-state index in [0.717, 1.165) is 12.8 Å². The minimum Gasteiger partial charge on any atom is -0.383 e. The van der Waals surface area contributed by atoms with E-state index in [1.165, 1.54) is 22.0 Å². The number of benzene rings is 2. The Labute approximate surface area is 196 Å². The Hall–Kier alpha value is -1.93. The van der Waals surface area contributed by atoms with E-state index >= 15 is 0 Å². The number of nitrogens with zero attached hydrogens (tertiary/aromatic N) is 2. The molecule has 3 rings (SSSR count). The molecule has 6 nitrogen and oxygen atoms in total. The largest absolute Gasteiger partial charge is 0.383 e. The zero-order chi connectivity index (χ0) is 23.0. The molecule has 1 aliphatic heterocycles. The van der Waals surface area contributed by atoms with Gasteiger partial charge < -0.3 is 9.64 Å². The first-order valence-corrected chi connectivity index (χ1v) is 12.8. The van der Waals surface area contributed by atoms with Crippen LogP contribution in [-0.2, 0) is 26.0 Å². The van der Waals surface area contributed by atoms with Crippen molar-refractivity contribution >= 4 is 27.5 Å². The maximum atomic E-state index is 13.2. The molecule has 1 saturated heterocycles. The molecule has 2 aromatic rings. The van der Waals surface area contributed by atoms with Gasteiger partial charge in [-0.05, 0) is 55.5 Å². The number of ether oxygens (including phenoxy) is 1. The Morgan fingerprint density at radius 2 is 1.72 bits per heavy atom. The van der Waals surface area contributed by atoms with E-state index in [1.807, 2.05) is 23.1 Å². The third-order valence-corrected chi connectivity index (χ3v) is 8.03. The molecule has 2 aromatic carbocycles. The van der Waals surface area contributed by atoms with Gasteiger partial charge in [0, 0.05) is 44.2 Å². The van der Waals surface area contributed by atoms with Crippen LogP contribution in [0.1, 0.15) is 24.8 Å². The zero-order valence-electron chi connectivity index (χ0n) is 18.5. The summed E-state index contributed by atoms with van der Waals surface area (Å²) < 4.78 is 32.5. The predicted molar refractivity (Wildman–Crippen MR) is 126 cm³/mol. The molecular formula is C24H31ClN2O4S. The number of carbonyl (C=O) groups excluding carboxylic acids is 1. The molecule has 1 fully saturated rings. The standard InChI is InChI=1S/C24H31ClN2O4S/c1-31-19-18-26(15-5-8-20-6-3-2-4-7-20)24(28)21-13-16-27(17-14-21)32(29,30)23-11-9-22(25)10-12-23/h2-4,6-7,9-12,21H,5,8,13-19H2,1H3. The van der Waals surface area contributed by atoms with Crippen LogP contribution in [0.15, 0.2) is 59.5 Å². The van der Waals surface area contributed by atoms with Gasteiger partial charge in [-0.15, -0.1) is 0 Å². The molecule has 174 valence electrons. The van der Waals surface area contributed by atoms with Gasteiger partial charge in [-0.3, -0.25) is 4.79 Å². The number of hydrogen-bond donors (Lipinski definition) is 0. The summed E-state index contributed by atoms with van der Waals surface area (Å²) in [6.07, 6.45) is 2.83. The van der Waals surface area contributed by atoms with Crippen molar-refractivity contribution in [1.29, 1.82) is 0 Å². The van der Waals surface area contributed by atoms with Gasteiger partial charge in [0.25, 0.3) is 0 Å². The molecule has 1 aliphatic rings. The van der Waals surface area contributed by atoms with Gasteiger partial charge in [0.1, 0.15) is 0 Å². The lowest BCUT2D eigenvalue weighted by atomic mass is 9.96. The number of carbonyl (C=O) groups is 1. The van der Waals surface area contributed by atoms with Crippen LogP contribution in [0.2, 0.25) is 5.02 Å². The fourth-order valence-corrected chi connectivity index (χ4v) is 5.61. The zero-order valence-corrected chi connectivity index (χ0v) is 20.0. The number of amides is 1. The van der Waals surface area contributed by atoms with Gasteiger partial charge in [-0.2, -0.15) is 4.31 Å². The second kappa shape index (κ2) is 11.8.